The second-order valence-corrected chi connectivity index (χ2v) is 5.90. The van der Waals surface area contributed by atoms with E-state index in [0.29, 0.717) is 30.1 Å². The third kappa shape index (κ3) is 4.49. The number of hydrogen-bond donors (Lipinski definition) is 1. The smallest absolute Gasteiger partial charge is 0.303 e. The summed E-state index contributed by atoms with van der Waals surface area (Å²) in [4.78, 5) is 36.0. The van der Waals surface area contributed by atoms with Gasteiger partial charge in [-0.3, -0.25) is 19.3 Å². The lowest BCUT2D eigenvalue weighted by atomic mass is 10.1. The molecule has 0 aromatic carbocycles. The number of furan rings is 1. The van der Waals surface area contributed by atoms with Crippen molar-refractivity contribution in [3.05, 3.63) is 29.1 Å². The Morgan fingerprint density at radius 1 is 1.27 bits per heavy atom. The molecule has 0 aliphatic carbocycles. The quantitative estimate of drug-likeness (QED) is 0.583. The zero-order valence-corrected chi connectivity index (χ0v) is 12.8. The summed E-state index contributed by atoms with van der Waals surface area (Å²) in [5.41, 5.74) is 0. The van der Waals surface area contributed by atoms with E-state index >= 15 is 0 Å². The van der Waals surface area contributed by atoms with Crippen LogP contribution in [0.25, 0.3) is 6.08 Å². The first-order valence-electron chi connectivity index (χ1n) is 7.08. The molecule has 0 saturated carbocycles. The molecule has 1 aliphatic heterocycles. The topological polar surface area (TPSA) is 87.8 Å². The first-order chi connectivity index (χ1) is 10.6. The number of carbonyl (C=O) groups is 3. The predicted molar refractivity (Wildman–Crippen MR) is 82.1 cm³/mol. The molecule has 22 heavy (non-hydrogen) atoms. The number of aliphatic carboxylic acids is 1. The van der Waals surface area contributed by atoms with Gasteiger partial charge in [-0.2, -0.15) is 0 Å². The van der Waals surface area contributed by atoms with Crippen LogP contribution < -0.4 is 0 Å². The number of carboxylic acids is 1. The molecular weight excluding hydrogens is 306 g/mol. The lowest BCUT2D eigenvalue weighted by Gasteiger charge is -2.11. The van der Waals surface area contributed by atoms with E-state index < -0.39 is 5.97 Å². The number of amides is 2. The predicted octanol–water partition coefficient (Wildman–Crippen LogP) is 3.35. The van der Waals surface area contributed by atoms with Crippen LogP contribution >= 0.6 is 11.8 Å². The summed E-state index contributed by atoms with van der Waals surface area (Å²) in [6.45, 7) is 0.368. The molecule has 1 saturated heterocycles. The summed E-state index contributed by atoms with van der Waals surface area (Å²) in [6, 6.07) is 3.43. The monoisotopic (exact) mass is 323 g/mol. The summed E-state index contributed by atoms with van der Waals surface area (Å²) in [7, 11) is 0. The molecule has 1 aromatic heterocycles. The molecule has 118 valence electrons. The minimum absolute atomic E-state index is 0.160. The number of nitrogens with zero attached hydrogens (tertiary/aromatic N) is 1. The molecule has 0 bridgehead atoms. The van der Waals surface area contributed by atoms with Crippen LogP contribution in [0.4, 0.5) is 4.79 Å². The van der Waals surface area contributed by atoms with Crippen LogP contribution in [0, 0.1) is 0 Å². The Balaban J connectivity index is 1.79. The van der Waals surface area contributed by atoms with Gasteiger partial charge in [-0.25, -0.2) is 0 Å². The average Bonchev–Trinajstić information content (AvgIpc) is 3.05. The Bertz CT molecular complexity index is 579. The summed E-state index contributed by atoms with van der Waals surface area (Å²) < 4.78 is 5.14. The van der Waals surface area contributed by atoms with Gasteiger partial charge in [0, 0.05) is 19.0 Å². The van der Waals surface area contributed by atoms with E-state index in [1.54, 1.807) is 18.2 Å². The molecule has 2 amide bonds. The van der Waals surface area contributed by atoms with E-state index in [4.69, 9.17) is 9.52 Å². The lowest BCUT2D eigenvalue weighted by molar-refractivity contribution is -0.137. The van der Waals surface area contributed by atoms with Crippen molar-refractivity contribution >= 4 is 35.0 Å². The summed E-state index contributed by atoms with van der Waals surface area (Å²) in [6.07, 6.45) is 6.12. The number of imide groups is 1. The van der Waals surface area contributed by atoms with Crippen LogP contribution in [-0.4, -0.2) is 33.7 Å². The van der Waals surface area contributed by atoms with Crippen molar-refractivity contribution in [2.24, 2.45) is 0 Å². The first-order valence-corrected chi connectivity index (χ1v) is 7.90. The van der Waals surface area contributed by atoms with Crippen LogP contribution in [0.15, 0.2) is 27.7 Å². The number of carboxylic acid groups (broad SMARTS) is 1. The van der Waals surface area contributed by atoms with Gasteiger partial charge in [0.1, 0.15) is 5.76 Å². The van der Waals surface area contributed by atoms with Crippen molar-refractivity contribution in [1.82, 2.24) is 4.90 Å². The molecule has 0 atom stereocenters. The third-order valence-electron chi connectivity index (χ3n) is 3.21. The van der Waals surface area contributed by atoms with Gasteiger partial charge in [0.2, 0.25) is 0 Å². The van der Waals surface area contributed by atoms with E-state index in [9.17, 15) is 14.4 Å². The minimum Gasteiger partial charge on any atom is -0.481 e. The first kappa shape index (κ1) is 16.4. The summed E-state index contributed by atoms with van der Waals surface area (Å²) >= 11 is 0.913. The van der Waals surface area contributed by atoms with Crippen molar-refractivity contribution in [1.29, 1.82) is 0 Å². The normalized spacial score (nSPS) is 16.7. The molecule has 0 spiro atoms. The van der Waals surface area contributed by atoms with Gasteiger partial charge >= 0.3 is 5.97 Å². The minimum atomic E-state index is -0.797. The fraction of sp³-hybridized carbons (Fsp3) is 0.400. The Morgan fingerprint density at radius 3 is 2.73 bits per heavy atom. The van der Waals surface area contributed by atoms with Gasteiger partial charge < -0.3 is 9.52 Å². The standard InChI is InChI=1S/C15H17NO5S/c17-13(18)7-3-1-2-4-8-16-14(19)12(22-15(16)20)10-11-6-5-9-21-11/h5-6,9-10H,1-4,7-8H2,(H,17,18)/b12-10-. The van der Waals surface area contributed by atoms with E-state index in [1.165, 1.54) is 11.2 Å². The average molecular weight is 323 g/mol. The zero-order valence-electron chi connectivity index (χ0n) is 12.0. The van der Waals surface area contributed by atoms with E-state index in [2.05, 4.69) is 0 Å². The number of thioether (sulfide) groups is 1. The van der Waals surface area contributed by atoms with Gasteiger partial charge in [0.25, 0.3) is 11.1 Å². The second kappa shape index (κ2) is 7.84. The van der Waals surface area contributed by atoms with Gasteiger partial charge in [-0.1, -0.05) is 12.8 Å². The molecule has 1 fully saturated rings. The van der Waals surface area contributed by atoms with Crippen LogP contribution in [0.1, 0.15) is 37.9 Å². The lowest BCUT2D eigenvalue weighted by Crippen LogP contribution is -2.29. The molecule has 0 unspecified atom stereocenters. The van der Waals surface area contributed by atoms with Gasteiger partial charge in [0.05, 0.1) is 11.2 Å². The van der Waals surface area contributed by atoms with Crippen molar-refractivity contribution in [3.63, 3.8) is 0 Å². The zero-order chi connectivity index (χ0) is 15.9. The Hall–Kier alpha value is -2.02. The molecule has 1 N–H and O–H groups in total. The molecule has 0 radical (unpaired) electrons. The number of rotatable bonds is 8. The number of unbranched alkanes of at least 4 members (excludes halogenated alkanes) is 3. The second-order valence-electron chi connectivity index (χ2n) is 4.91. The maximum absolute atomic E-state index is 12.1. The van der Waals surface area contributed by atoms with E-state index in [1.807, 2.05) is 0 Å². The highest BCUT2D eigenvalue weighted by Crippen LogP contribution is 2.32. The molecule has 1 aliphatic rings. The van der Waals surface area contributed by atoms with E-state index in [-0.39, 0.29) is 17.6 Å². The maximum Gasteiger partial charge on any atom is 0.303 e. The van der Waals surface area contributed by atoms with Gasteiger partial charge in [-0.05, 0) is 36.7 Å². The number of carbonyl (C=O) groups excluding carboxylic acids is 2. The highest BCUT2D eigenvalue weighted by molar-refractivity contribution is 8.18. The fourth-order valence-corrected chi connectivity index (χ4v) is 2.94. The van der Waals surface area contributed by atoms with Crippen molar-refractivity contribution in [2.75, 3.05) is 6.54 Å². The van der Waals surface area contributed by atoms with E-state index in [0.717, 1.165) is 24.6 Å². The van der Waals surface area contributed by atoms with Crippen molar-refractivity contribution in [3.8, 4) is 0 Å². The highest BCUT2D eigenvalue weighted by Gasteiger charge is 2.34. The molecule has 2 rings (SSSR count). The fourth-order valence-electron chi connectivity index (χ4n) is 2.10. The highest BCUT2D eigenvalue weighted by atomic mass is 32.2. The molecule has 7 heteroatoms. The van der Waals surface area contributed by atoms with Crippen LogP contribution in [0.5, 0.6) is 0 Å². The SMILES string of the molecule is O=C(O)CCCCCCN1C(=O)S/C(=C\c2ccco2)C1=O. The van der Waals surface area contributed by atoms with Gasteiger partial charge in [0.15, 0.2) is 0 Å². The maximum atomic E-state index is 12.1. The van der Waals surface area contributed by atoms with Crippen molar-refractivity contribution in [2.45, 2.75) is 32.1 Å². The molecule has 1 aromatic rings. The summed E-state index contributed by atoms with van der Waals surface area (Å²) in [5.74, 6) is -0.551. The van der Waals surface area contributed by atoms with Crippen LogP contribution in [0.2, 0.25) is 0 Å². The Labute approximate surface area is 132 Å². The van der Waals surface area contributed by atoms with Crippen LogP contribution in [-0.2, 0) is 9.59 Å². The van der Waals surface area contributed by atoms with Gasteiger partial charge in [-0.15, -0.1) is 0 Å². The van der Waals surface area contributed by atoms with Crippen LogP contribution in [0.3, 0.4) is 0 Å². The molecule has 2 heterocycles. The van der Waals surface area contributed by atoms with Crippen molar-refractivity contribution < 1.29 is 23.9 Å². The third-order valence-corrected chi connectivity index (χ3v) is 4.12. The molecular formula is C15H17NO5S. The molecule has 6 nitrogen and oxygen atoms in total. The Kier molecular flexibility index (Phi) is 5.83. The number of hydrogen-bond acceptors (Lipinski definition) is 5. The Morgan fingerprint density at radius 2 is 2.05 bits per heavy atom. The largest absolute Gasteiger partial charge is 0.481 e. The summed E-state index contributed by atoms with van der Waals surface area (Å²) in [5, 5.41) is 8.26.